The third-order valence-electron chi connectivity index (χ3n) is 3.26. The Bertz CT molecular complexity index is 744. The summed E-state index contributed by atoms with van der Waals surface area (Å²) in [5.41, 5.74) is 13.8. The van der Waals surface area contributed by atoms with E-state index in [2.05, 4.69) is 0 Å². The maximum atomic E-state index is 11.7. The molecule has 2 aromatic carbocycles. The van der Waals surface area contributed by atoms with Gasteiger partial charge in [-0.25, -0.2) is 9.59 Å². The smallest absolute Gasteiger partial charge is 0.338 e. The molecule has 0 amide bonds. The number of ether oxygens (including phenoxy) is 2. The number of nitrogen functional groups attached to an aromatic ring is 2. The molecular formula is C18H20N2O4S2. The van der Waals surface area contributed by atoms with Gasteiger partial charge >= 0.3 is 11.9 Å². The van der Waals surface area contributed by atoms with Gasteiger partial charge in [0.15, 0.2) is 0 Å². The van der Waals surface area contributed by atoms with E-state index in [-0.39, 0.29) is 0 Å². The number of carbonyl (C=O) groups excluding carboxylic acids is 2. The summed E-state index contributed by atoms with van der Waals surface area (Å²) in [6.07, 6.45) is 0. The lowest BCUT2D eigenvalue weighted by molar-refractivity contribution is 0.0517. The van der Waals surface area contributed by atoms with Crippen LogP contribution < -0.4 is 11.5 Å². The van der Waals surface area contributed by atoms with Crippen molar-refractivity contribution in [2.75, 3.05) is 24.7 Å². The van der Waals surface area contributed by atoms with E-state index in [0.29, 0.717) is 35.7 Å². The van der Waals surface area contributed by atoms with Crippen molar-refractivity contribution < 1.29 is 19.1 Å². The summed E-state index contributed by atoms with van der Waals surface area (Å²) in [6.45, 7) is 4.12. The van der Waals surface area contributed by atoms with Gasteiger partial charge in [0, 0.05) is 21.2 Å². The molecule has 2 rings (SSSR count). The molecule has 0 heterocycles. The number of benzene rings is 2. The maximum absolute atomic E-state index is 11.7. The van der Waals surface area contributed by atoms with Crippen LogP contribution in [0.25, 0.3) is 0 Å². The van der Waals surface area contributed by atoms with E-state index in [4.69, 9.17) is 20.9 Å². The molecule has 0 unspecified atom stereocenters. The summed E-state index contributed by atoms with van der Waals surface area (Å²) >= 11 is 0. The Morgan fingerprint density at radius 3 is 1.50 bits per heavy atom. The predicted molar refractivity (Wildman–Crippen MR) is 105 cm³/mol. The van der Waals surface area contributed by atoms with Crippen molar-refractivity contribution >= 4 is 44.9 Å². The fourth-order valence-corrected chi connectivity index (χ4v) is 4.21. The molecule has 8 heteroatoms. The third-order valence-corrected chi connectivity index (χ3v) is 5.78. The van der Waals surface area contributed by atoms with Crippen LogP contribution in [0, 0.1) is 0 Å². The first-order valence-electron chi connectivity index (χ1n) is 7.94. The Morgan fingerprint density at radius 2 is 1.19 bits per heavy atom. The first-order chi connectivity index (χ1) is 12.5. The van der Waals surface area contributed by atoms with Crippen LogP contribution >= 0.6 is 21.6 Å². The summed E-state index contributed by atoms with van der Waals surface area (Å²) in [4.78, 5) is 25.0. The van der Waals surface area contributed by atoms with Crippen molar-refractivity contribution in [2.45, 2.75) is 23.6 Å². The third kappa shape index (κ3) is 5.09. The zero-order valence-electron chi connectivity index (χ0n) is 14.5. The number of hydrogen-bond donors (Lipinski definition) is 2. The lowest BCUT2D eigenvalue weighted by Crippen LogP contribution is -2.05. The lowest BCUT2D eigenvalue weighted by atomic mass is 10.2. The molecule has 0 atom stereocenters. The Kier molecular flexibility index (Phi) is 7.23. The number of nitrogens with two attached hydrogens (primary N) is 2. The molecule has 0 radical (unpaired) electrons. The van der Waals surface area contributed by atoms with Gasteiger partial charge in [0.25, 0.3) is 0 Å². The van der Waals surface area contributed by atoms with E-state index < -0.39 is 11.9 Å². The average molecular weight is 393 g/mol. The number of carbonyl (C=O) groups is 2. The topological polar surface area (TPSA) is 105 Å². The highest BCUT2D eigenvalue weighted by Gasteiger charge is 2.12. The summed E-state index contributed by atoms with van der Waals surface area (Å²) in [5.74, 6) is -0.801. The maximum Gasteiger partial charge on any atom is 0.338 e. The Hall–Kier alpha value is -2.32. The molecule has 0 bridgehead atoms. The van der Waals surface area contributed by atoms with Gasteiger partial charge < -0.3 is 20.9 Å². The van der Waals surface area contributed by atoms with Crippen LogP contribution in [0.2, 0.25) is 0 Å². The standard InChI is InChI=1S/C18H20N2O4S2/c1-3-23-17(21)11-5-7-15(13(19)9-11)25-26-16-8-6-12(10-14(16)20)18(22)24-4-2/h5-10H,3-4,19-20H2,1-2H3. The Morgan fingerprint density at radius 1 is 0.808 bits per heavy atom. The van der Waals surface area contributed by atoms with E-state index in [9.17, 15) is 9.59 Å². The van der Waals surface area contributed by atoms with Crippen LogP contribution in [0.5, 0.6) is 0 Å². The molecule has 6 nitrogen and oxygen atoms in total. The normalized spacial score (nSPS) is 10.4. The van der Waals surface area contributed by atoms with Gasteiger partial charge in [-0.15, -0.1) is 0 Å². The second-order valence-electron chi connectivity index (χ2n) is 5.11. The SMILES string of the molecule is CCOC(=O)c1ccc(SSc2ccc(C(=O)OCC)cc2N)c(N)c1. The quantitative estimate of drug-likeness (QED) is 0.414. The van der Waals surface area contributed by atoms with Gasteiger partial charge in [-0.3, -0.25) is 0 Å². The summed E-state index contributed by atoms with van der Waals surface area (Å²) < 4.78 is 9.91. The van der Waals surface area contributed by atoms with Crippen molar-refractivity contribution in [3.63, 3.8) is 0 Å². The summed E-state index contributed by atoms with van der Waals surface area (Å²) in [7, 11) is 2.83. The zero-order chi connectivity index (χ0) is 19.1. The lowest BCUT2D eigenvalue weighted by Gasteiger charge is -2.09. The van der Waals surface area contributed by atoms with E-state index in [1.54, 1.807) is 50.2 Å². The van der Waals surface area contributed by atoms with Crippen LogP contribution in [0.1, 0.15) is 34.6 Å². The molecule has 138 valence electrons. The predicted octanol–water partition coefficient (Wildman–Crippen LogP) is 4.00. The minimum absolute atomic E-state index is 0.312. The Balaban J connectivity index is 2.07. The number of rotatable bonds is 7. The van der Waals surface area contributed by atoms with Gasteiger partial charge in [0.2, 0.25) is 0 Å². The van der Waals surface area contributed by atoms with Crippen molar-refractivity contribution in [2.24, 2.45) is 0 Å². The molecule has 0 spiro atoms. The number of anilines is 2. The molecule has 0 aliphatic carbocycles. The van der Waals surface area contributed by atoms with Gasteiger partial charge in [-0.2, -0.15) is 0 Å². The highest BCUT2D eigenvalue weighted by atomic mass is 33.1. The average Bonchev–Trinajstić information content (AvgIpc) is 2.61. The molecule has 2 aromatic rings. The number of hydrogen-bond acceptors (Lipinski definition) is 8. The molecule has 0 saturated heterocycles. The van der Waals surface area contributed by atoms with E-state index in [1.165, 1.54) is 21.6 Å². The molecular weight excluding hydrogens is 372 g/mol. The van der Waals surface area contributed by atoms with E-state index in [0.717, 1.165) is 9.79 Å². The zero-order valence-corrected chi connectivity index (χ0v) is 16.1. The fourth-order valence-electron chi connectivity index (χ4n) is 2.02. The largest absolute Gasteiger partial charge is 0.462 e. The minimum atomic E-state index is -0.401. The Labute approximate surface area is 160 Å². The molecule has 0 saturated carbocycles. The van der Waals surface area contributed by atoms with Crippen molar-refractivity contribution in [3.8, 4) is 0 Å². The first kappa shape index (κ1) is 20.0. The van der Waals surface area contributed by atoms with Crippen LogP contribution in [0.15, 0.2) is 46.2 Å². The van der Waals surface area contributed by atoms with Crippen LogP contribution in [0.4, 0.5) is 11.4 Å². The number of esters is 2. The highest BCUT2D eigenvalue weighted by Crippen LogP contribution is 2.42. The monoisotopic (exact) mass is 392 g/mol. The van der Waals surface area contributed by atoms with Crippen LogP contribution in [-0.2, 0) is 9.47 Å². The first-order valence-corrected chi connectivity index (χ1v) is 10.1. The van der Waals surface area contributed by atoms with Crippen molar-refractivity contribution in [1.29, 1.82) is 0 Å². The van der Waals surface area contributed by atoms with E-state index >= 15 is 0 Å². The second kappa shape index (κ2) is 9.40. The van der Waals surface area contributed by atoms with E-state index in [1.807, 2.05) is 0 Å². The summed E-state index contributed by atoms with van der Waals surface area (Å²) in [5, 5.41) is 0. The minimum Gasteiger partial charge on any atom is -0.462 e. The highest BCUT2D eigenvalue weighted by molar-refractivity contribution is 8.76. The fraction of sp³-hybridized carbons (Fsp3) is 0.222. The summed E-state index contributed by atoms with van der Waals surface area (Å²) in [6, 6.07) is 10.1. The van der Waals surface area contributed by atoms with Crippen LogP contribution in [0.3, 0.4) is 0 Å². The van der Waals surface area contributed by atoms with Gasteiger partial charge in [-0.05, 0) is 50.2 Å². The molecule has 0 aromatic heterocycles. The van der Waals surface area contributed by atoms with Crippen molar-refractivity contribution in [3.05, 3.63) is 47.5 Å². The molecule has 26 heavy (non-hydrogen) atoms. The molecule has 0 aliphatic heterocycles. The van der Waals surface area contributed by atoms with Crippen molar-refractivity contribution in [1.82, 2.24) is 0 Å². The van der Waals surface area contributed by atoms with Gasteiger partial charge in [0.05, 0.1) is 24.3 Å². The van der Waals surface area contributed by atoms with Gasteiger partial charge in [-0.1, -0.05) is 21.6 Å². The molecule has 0 aliphatic rings. The molecule has 0 fully saturated rings. The second-order valence-corrected chi connectivity index (χ2v) is 7.33. The van der Waals surface area contributed by atoms with Crippen LogP contribution in [-0.4, -0.2) is 25.2 Å². The van der Waals surface area contributed by atoms with Gasteiger partial charge in [0.1, 0.15) is 0 Å². The molecule has 4 N–H and O–H groups in total.